The Morgan fingerprint density at radius 3 is 2.73 bits per heavy atom. The molecule has 1 saturated heterocycles. The van der Waals surface area contributed by atoms with Gasteiger partial charge < -0.3 is 9.88 Å². The smallest absolute Gasteiger partial charge is 0.186 e. The van der Waals surface area contributed by atoms with Gasteiger partial charge in [0.25, 0.3) is 0 Å². The number of anilines is 1. The summed E-state index contributed by atoms with van der Waals surface area (Å²) in [5.41, 5.74) is 5.27. The van der Waals surface area contributed by atoms with Crippen molar-refractivity contribution in [3.63, 3.8) is 0 Å². The minimum absolute atomic E-state index is 0.711. The van der Waals surface area contributed by atoms with Gasteiger partial charge in [-0.3, -0.25) is 4.90 Å². The highest BCUT2D eigenvalue weighted by Gasteiger charge is 2.20. The van der Waals surface area contributed by atoms with Gasteiger partial charge in [-0.05, 0) is 50.4 Å². The predicted octanol–water partition coefficient (Wildman–Crippen LogP) is 4.12. The monoisotopic (exact) mass is 418 g/mol. The van der Waals surface area contributed by atoms with Gasteiger partial charge in [-0.1, -0.05) is 17.4 Å². The van der Waals surface area contributed by atoms with E-state index in [9.17, 15) is 5.26 Å². The standard InChI is InChI=1S/C23H26N6S/c1-17-22(15-25)30-23(27-17)29-11-9-28(10-12-29)8-3-2-6-19-16-26-21-7-4-5-18(14-24)13-20(19)21/h4,7,13,16,26H,2-3,5-6,8-12H2,1H3. The fraction of sp³-hybridized carbons (Fsp3) is 0.435. The number of unbranched alkanes of at least 4 members (excludes halogenated alkanes) is 1. The minimum atomic E-state index is 0.711. The molecule has 154 valence electrons. The van der Waals surface area contributed by atoms with Crippen LogP contribution in [-0.2, 0) is 6.42 Å². The van der Waals surface area contributed by atoms with Crippen molar-refractivity contribution in [2.75, 3.05) is 37.6 Å². The number of hydrogen-bond donors (Lipinski definition) is 1. The van der Waals surface area contributed by atoms with Gasteiger partial charge >= 0.3 is 0 Å². The highest BCUT2D eigenvalue weighted by molar-refractivity contribution is 7.16. The number of allylic oxidation sites excluding steroid dienone is 2. The van der Waals surface area contributed by atoms with Gasteiger partial charge in [0.05, 0.1) is 11.8 Å². The lowest BCUT2D eigenvalue weighted by atomic mass is 10.0. The third-order valence-corrected chi connectivity index (χ3v) is 6.95. The van der Waals surface area contributed by atoms with Gasteiger partial charge in [-0.15, -0.1) is 0 Å². The molecule has 0 amide bonds. The van der Waals surface area contributed by atoms with E-state index in [2.05, 4.69) is 50.3 Å². The van der Waals surface area contributed by atoms with Gasteiger partial charge in [0.1, 0.15) is 10.9 Å². The fourth-order valence-electron chi connectivity index (χ4n) is 4.06. The maximum absolute atomic E-state index is 9.26. The van der Waals surface area contributed by atoms with Crippen LogP contribution < -0.4 is 4.90 Å². The molecule has 3 heterocycles. The Bertz CT molecular complexity index is 1040. The average Bonchev–Trinajstić information content (AvgIpc) is 3.26. The molecule has 1 aliphatic heterocycles. The molecule has 1 fully saturated rings. The highest BCUT2D eigenvalue weighted by atomic mass is 32.1. The normalized spacial score (nSPS) is 16.5. The number of piperazine rings is 1. The summed E-state index contributed by atoms with van der Waals surface area (Å²) in [6.07, 6.45) is 12.3. The molecule has 2 aromatic heterocycles. The summed E-state index contributed by atoms with van der Waals surface area (Å²) < 4.78 is 0. The Morgan fingerprint density at radius 1 is 1.17 bits per heavy atom. The number of nitrogens with one attached hydrogen (secondary N) is 1. The largest absolute Gasteiger partial charge is 0.361 e. The van der Waals surface area contributed by atoms with Gasteiger partial charge in [-0.2, -0.15) is 10.5 Å². The maximum atomic E-state index is 9.26. The van der Waals surface area contributed by atoms with Crippen LogP contribution in [0.4, 0.5) is 5.13 Å². The summed E-state index contributed by atoms with van der Waals surface area (Å²) >= 11 is 1.50. The molecular weight excluding hydrogens is 392 g/mol. The van der Waals surface area contributed by atoms with E-state index < -0.39 is 0 Å². The van der Waals surface area contributed by atoms with E-state index in [0.717, 1.165) is 72.5 Å². The lowest BCUT2D eigenvalue weighted by Crippen LogP contribution is -2.46. The Labute approximate surface area is 181 Å². The molecule has 0 aromatic carbocycles. The van der Waals surface area contributed by atoms with Crippen molar-refractivity contribution >= 4 is 28.6 Å². The third-order valence-electron chi connectivity index (χ3n) is 5.82. The van der Waals surface area contributed by atoms with Crippen molar-refractivity contribution in [1.82, 2.24) is 14.9 Å². The molecule has 2 aromatic rings. The topological polar surface area (TPSA) is 82.7 Å². The Morgan fingerprint density at radius 2 is 2.00 bits per heavy atom. The molecule has 0 saturated carbocycles. The van der Waals surface area contributed by atoms with Crippen molar-refractivity contribution in [3.05, 3.63) is 45.2 Å². The summed E-state index contributed by atoms with van der Waals surface area (Å²) in [5, 5.41) is 19.4. The highest BCUT2D eigenvalue weighted by Crippen LogP contribution is 2.27. The summed E-state index contributed by atoms with van der Waals surface area (Å²) in [4.78, 5) is 13.5. The number of aromatic nitrogens is 2. The first-order chi connectivity index (χ1) is 14.7. The molecule has 1 N–H and O–H groups in total. The number of rotatable bonds is 6. The molecule has 30 heavy (non-hydrogen) atoms. The number of fused-ring (bicyclic) bond motifs is 1. The first kappa shape index (κ1) is 20.4. The molecule has 2 aliphatic rings. The van der Waals surface area contributed by atoms with E-state index in [1.807, 2.05) is 13.0 Å². The van der Waals surface area contributed by atoms with Crippen LogP contribution >= 0.6 is 11.3 Å². The van der Waals surface area contributed by atoms with Crippen LogP contribution in [0.25, 0.3) is 12.2 Å². The van der Waals surface area contributed by atoms with Crippen LogP contribution in [0.1, 0.15) is 46.7 Å². The van der Waals surface area contributed by atoms with Crippen LogP contribution in [0.15, 0.2) is 17.8 Å². The van der Waals surface area contributed by atoms with E-state index >= 15 is 0 Å². The van der Waals surface area contributed by atoms with Crippen molar-refractivity contribution in [2.45, 2.75) is 32.6 Å². The minimum Gasteiger partial charge on any atom is -0.361 e. The number of thiazole rings is 1. The molecule has 0 bridgehead atoms. The van der Waals surface area contributed by atoms with Crippen molar-refractivity contribution in [2.24, 2.45) is 0 Å². The molecule has 0 radical (unpaired) electrons. The van der Waals surface area contributed by atoms with Crippen molar-refractivity contribution in [3.8, 4) is 12.1 Å². The summed E-state index contributed by atoms with van der Waals surface area (Å²) in [6, 6.07) is 4.53. The lowest BCUT2D eigenvalue weighted by Gasteiger charge is -2.34. The average molecular weight is 419 g/mol. The van der Waals surface area contributed by atoms with Crippen LogP contribution in [0.5, 0.6) is 0 Å². The second-order valence-electron chi connectivity index (χ2n) is 7.84. The Balaban J connectivity index is 1.23. The number of hydrogen-bond acceptors (Lipinski definition) is 6. The quantitative estimate of drug-likeness (QED) is 0.714. The van der Waals surface area contributed by atoms with E-state index in [4.69, 9.17) is 5.26 Å². The van der Waals surface area contributed by atoms with E-state index in [1.54, 1.807) is 0 Å². The molecule has 6 nitrogen and oxygen atoms in total. The Hall–Kier alpha value is -2.87. The van der Waals surface area contributed by atoms with Crippen LogP contribution in [0, 0.1) is 29.6 Å². The molecular formula is C23H26N6S. The van der Waals surface area contributed by atoms with Gasteiger partial charge in [0, 0.05) is 55.6 Å². The third kappa shape index (κ3) is 4.48. The second-order valence-corrected chi connectivity index (χ2v) is 8.82. The number of nitrogens with zero attached hydrogens (tertiary/aromatic N) is 5. The number of nitriles is 2. The molecule has 1 aliphatic carbocycles. The van der Waals surface area contributed by atoms with Gasteiger partial charge in [0.15, 0.2) is 5.13 Å². The molecule has 0 atom stereocenters. The molecule has 0 spiro atoms. The fourth-order valence-corrected chi connectivity index (χ4v) is 4.97. The van der Waals surface area contributed by atoms with E-state index in [-0.39, 0.29) is 0 Å². The zero-order chi connectivity index (χ0) is 20.9. The SMILES string of the molecule is Cc1nc(N2CCN(CCCCc3c[nH]c4c3C=C(C#N)CC=C4)CC2)sc1C#N. The van der Waals surface area contributed by atoms with Crippen molar-refractivity contribution in [1.29, 1.82) is 10.5 Å². The second kappa shape index (κ2) is 9.30. The molecule has 0 unspecified atom stereocenters. The van der Waals surface area contributed by atoms with Crippen LogP contribution in [0.3, 0.4) is 0 Å². The summed E-state index contributed by atoms with van der Waals surface area (Å²) in [6.45, 7) is 7.04. The van der Waals surface area contributed by atoms with E-state index in [0.29, 0.717) is 6.42 Å². The molecule has 4 rings (SSSR count). The maximum Gasteiger partial charge on any atom is 0.186 e. The van der Waals surface area contributed by atoms with Gasteiger partial charge in [-0.25, -0.2) is 4.98 Å². The lowest BCUT2D eigenvalue weighted by molar-refractivity contribution is 0.253. The number of aryl methyl sites for hydroxylation is 2. The first-order valence-electron chi connectivity index (χ1n) is 10.5. The van der Waals surface area contributed by atoms with E-state index in [1.165, 1.54) is 28.9 Å². The Kier molecular flexibility index (Phi) is 6.32. The van der Waals surface area contributed by atoms with Crippen LogP contribution in [0.2, 0.25) is 0 Å². The van der Waals surface area contributed by atoms with Crippen molar-refractivity contribution < 1.29 is 0 Å². The zero-order valence-electron chi connectivity index (χ0n) is 17.3. The van der Waals surface area contributed by atoms with Gasteiger partial charge in [0.2, 0.25) is 0 Å². The van der Waals surface area contributed by atoms with Crippen LogP contribution in [-0.4, -0.2) is 47.6 Å². The predicted molar refractivity (Wildman–Crippen MR) is 121 cm³/mol. The summed E-state index contributed by atoms with van der Waals surface area (Å²) in [7, 11) is 0. The number of aromatic amines is 1. The summed E-state index contributed by atoms with van der Waals surface area (Å²) in [5.74, 6) is 0. The molecule has 7 heteroatoms. The number of H-pyrrole nitrogens is 1. The zero-order valence-corrected chi connectivity index (χ0v) is 18.1. The first-order valence-corrected chi connectivity index (χ1v) is 11.3.